The van der Waals surface area contributed by atoms with Crippen LogP contribution in [0.3, 0.4) is 0 Å². The van der Waals surface area contributed by atoms with Gasteiger partial charge in [0.2, 0.25) is 11.8 Å². The minimum atomic E-state index is -0.0500. The molecule has 2 saturated heterocycles. The van der Waals surface area contributed by atoms with Crippen LogP contribution in [0.1, 0.15) is 19.3 Å². The summed E-state index contributed by atoms with van der Waals surface area (Å²) in [5, 5.41) is 6.06. The number of hydrogen-bond donors (Lipinski definition) is 2. The fourth-order valence-electron chi connectivity index (χ4n) is 2.17. The van der Waals surface area contributed by atoms with Crippen molar-refractivity contribution < 1.29 is 9.59 Å². The SMILES string of the molecule is CN1CC(NC(=O)[C@@H]2CCCN2)CC1=O.Cl. The Hall–Kier alpha value is -0.810. The van der Waals surface area contributed by atoms with Gasteiger partial charge in [-0.1, -0.05) is 0 Å². The summed E-state index contributed by atoms with van der Waals surface area (Å²) >= 11 is 0. The smallest absolute Gasteiger partial charge is 0.237 e. The molecule has 1 unspecified atom stereocenters. The first-order valence-corrected chi connectivity index (χ1v) is 5.44. The van der Waals surface area contributed by atoms with Crippen LogP contribution in [-0.4, -0.2) is 48.9 Å². The third-order valence-corrected chi connectivity index (χ3v) is 3.06. The first-order valence-electron chi connectivity index (χ1n) is 5.44. The van der Waals surface area contributed by atoms with Gasteiger partial charge in [0.05, 0.1) is 12.1 Å². The molecule has 92 valence electrons. The lowest BCUT2D eigenvalue weighted by molar-refractivity contribution is -0.126. The molecule has 0 aromatic rings. The molecule has 5 nitrogen and oxygen atoms in total. The maximum Gasteiger partial charge on any atom is 0.237 e. The van der Waals surface area contributed by atoms with Gasteiger partial charge in [0.25, 0.3) is 0 Å². The van der Waals surface area contributed by atoms with Gasteiger partial charge in [0.15, 0.2) is 0 Å². The molecule has 2 fully saturated rings. The highest BCUT2D eigenvalue weighted by atomic mass is 35.5. The zero-order chi connectivity index (χ0) is 10.8. The molecule has 0 bridgehead atoms. The Bertz CT molecular complexity index is 279. The maximum absolute atomic E-state index is 11.7. The van der Waals surface area contributed by atoms with Crippen molar-refractivity contribution in [1.82, 2.24) is 15.5 Å². The van der Waals surface area contributed by atoms with Crippen molar-refractivity contribution >= 4 is 24.2 Å². The van der Waals surface area contributed by atoms with E-state index in [0.29, 0.717) is 13.0 Å². The van der Waals surface area contributed by atoms with E-state index in [0.717, 1.165) is 19.4 Å². The molecule has 0 aromatic heterocycles. The van der Waals surface area contributed by atoms with Gasteiger partial charge in [-0.25, -0.2) is 0 Å². The fraction of sp³-hybridized carbons (Fsp3) is 0.800. The lowest BCUT2D eigenvalue weighted by Crippen LogP contribution is -2.45. The third kappa shape index (κ3) is 2.86. The molecule has 2 heterocycles. The molecule has 0 aliphatic carbocycles. The quantitative estimate of drug-likeness (QED) is 0.692. The Morgan fingerprint density at radius 1 is 1.56 bits per heavy atom. The second-order valence-corrected chi connectivity index (χ2v) is 4.33. The van der Waals surface area contributed by atoms with E-state index in [2.05, 4.69) is 10.6 Å². The second-order valence-electron chi connectivity index (χ2n) is 4.33. The van der Waals surface area contributed by atoms with Gasteiger partial charge < -0.3 is 15.5 Å². The molecule has 2 atom stereocenters. The lowest BCUT2D eigenvalue weighted by atomic mass is 10.2. The van der Waals surface area contributed by atoms with E-state index >= 15 is 0 Å². The van der Waals surface area contributed by atoms with Crippen molar-refractivity contribution in [2.24, 2.45) is 0 Å². The predicted octanol–water partition coefficient (Wildman–Crippen LogP) is -0.493. The topological polar surface area (TPSA) is 61.4 Å². The van der Waals surface area contributed by atoms with Crippen LogP contribution >= 0.6 is 12.4 Å². The Labute approximate surface area is 101 Å². The molecule has 6 heteroatoms. The van der Waals surface area contributed by atoms with E-state index in [-0.39, 0.29) is 36.3 Å². The molecule has 0 aromatic carbocycles. The lowest BCUT2D eigenvalue weighted by Gasteiger charge is -2.15. The Balaban J connectivity index is 0.00000128. The van der Waals surface area contributed by atoms with E-state index in [4.69, 9.17) is 0 Å². The molecule has 2 N–H and O–H groups in total. The average molecular weight is 248 g/mol. The van der Waals surface area contributed by atoms with Crippen LogP contribution in [0.15, 0.2) is 0 Å². The third-order valence-electron chi connectivity index (χ3n) is 3.06. The van der Waals surface area contributed by atoms with E-state index in [9.17, 15) is 9.59 Å². The molecular weight excluding hydrogens is 230 g/mol. The second kappa shape index (κ2) is 5.50. The highest BCUT2D eigenvalue weighted by Gasteiger charge is 2.30. The molecule has 0 radical (unpaired) electrons. The molecular formula is C10H18ClN3O2. The van der Waals surface area contributed by atoms with Crippen molar-refractivity contribution in [3.05, 3.63) is 0 Å². The summed E-state index contributed by atoms with van der Waals surface area (Å²) in [7, 11) is 1.77. The monoisotopic (exact) mass is 247 g/mol. The molecule has 2 aliphatic rings. The van der Waals surface area contributed by atoms with Crippen molar-refractivity contribution in [1.29, 1.82) is 0 Å². The molecule has 16 heavy (non-hydrogen) atoms. The number of rotatable bonds is 2. The molecule has 2 aliphatic heterocycles. The van der Waals surface area contributed by atoms with Gasteiger partial charge >= 0.3 is 0 Å². The van der Waals surface area contributed by atoms with Gasteiger partial charge in [0, 0.05) is 20.0 Å². The van der Waals surface area contributed by atoms with Crippen LogP contribution in [0.5, 0.6) is 0 Å². The Kier molecular flexibility index (Phi) is 4.56. The number of carbonyl (C=O) groups is 2. The van der Waals surface area contributed by atoms with Crippen LogP contribution in [0.4, 0.5) is 0 Å². The van der Waals surface area contributed by atoms with Gasteiger partial charge in [-0.15, -0.1) is 12.4 Å². The van der Waals surface area contributed by atoms with Crippen LogP contribution in [0.25, 0.3) is 0 Å². The number of halogens is 1. The summed E-state index contributed by atoms with van der Waals surface area (Å²) < 4.78 is 0. The highest BCUT2D eigenvalue weighted by molar-refractivity contribution is 5.85. The highest BCUT2D eigenvalue weighted by Crippen LogP contribution is 2.10. The molecule has 2 amide bonds. The van der Waals surface area contributed by atoms with Gasteiger partial charge in [0.1, 0.15) is 0 Å². The molecule has 0 saturated carbocycles. The number of nitrogens with zero attached hydrogens (tertiary/aromatic N) is 1. The van der Waals surface area contributed by atoms with Gasteiger partial charge in [-0.3, -0.25) is 9.59 Å². The normalized spacial score (nSPS) is 29.1. The number of carbonyl (C=O) groups excluding carboxylic acids is 2. The number of nitrogens with one attached hydrogen (secondary N) is 2. The zero-order valence-corrected chi connectivity index (χ0v) is 10.2. The van der Waals surface area contributed by atoms with Gasteiger partial charge in [-0.05, 0) is 19.4 Å². The van der Waals surface area contributed by atoms with E-state index in [1.807, 2.05) is 0 Å². The van der Waals surface area contributed by atoms with Crippen LogP contribution in [0, 0.1) is 0 Å². The predicted molar refractivity (Wildman–Crippen MR) is 62.5 cm³/mol. The molecule has 2 rings (SSSR count). The average Bonchev–Trinajstić information content (AvgIpc) is 2.77. The van der Waals surface area contributed by atoms with E-state index in [1.165, 1.54) is 0 Å². The standard InChI is InChI=1S/C10H17N3O2.ClH/c1-13-6-7(5-9(13)14)12-10(15)8-3-2-4-11-8;/h7-8,11H,2-6H2,1H3,(H,12,15);1H/t7?,8-;/m0./s1. The van der Waals surface area contributed by atoms with E-state index in [1.54, 1.807) is 11.9 Å². The number of amides is 2. The van der Waals surface area contributed by atoms with Crippen molar-refractivity contribution in [3.63, 3.8) is 0 Å². The summed E-state index contributed by atoms with van der Waals surface area (Å²) in [5.74, 6) is 0.153. The zero-order valence-electron chi connectivity index (χ0n) is 9.36. The summed E-state index contributed by atoms with van der Waals surface area (Å²) in [5.41, 5.74) is 0. The van der Waals surface area contributed by atoms with Crippen LogP contribution in [-0.2, 0) is 9.59 Å². The minimum absolute atomic E-state index is 0. The fourth-order valence-corrected chi connectivity index (χ4v) is 2.17. The summed E-state index contributed by atoms with van der Waals surface area (Å²) in [4.78, 5) is 24.6. The number of likely N-dealkylation sites (N-methyl/N-ethyl adjacent to an activating group) is 1. The first-order chi connectivity index (χ1) is 7.16. The van der Waals surface area contributed by atoms with Crippen LogP contribution < -0.4 is 10.6 Å². The first kappa shape index (κ1) is 13.3. The van der Waals surface area contributed by atoms with Gasteiger partial charge in [-0.2, -0.15) is 0 Å². The van der Waals surface area contributed by atoms with Crippen molar-refractivity contribution in [2.45, 2.75) is 31.3 Å². The minimum Gasteiger partial charge on any atom is -0.350 e. The van der Waals surface area contributed by atoms with E-state index < -0.39 is 0 Å². The largest absolute Gasteiger partial charge is 0.350 e. The van der Waals surface area contributed by atoms with Crippen LogP contribution in [0.2, 0.25) is 0 Å². The summed E-state index contributed by atoms with van der Waals surface area (Å²) in [6, 6.07) is -0.0524. The number of likely N-dealkylation sites (tertiary alicyclic amines) is 1. The summed E-state index contributed by atoms with van der Waals surface area (Å²) in [6.45, 7) is 1.55. The number of hydrogen-bond acceptors (Lipinski definition) is 3. The van der Waals surface area contributed by atoms with Crippen molar-refractivity contribution in [2.75, 3.05) is 20.1 Å². The Morgan fingerprint density at radius 2 is 2.31 bits per heavy atom. The molecule has 0 spiro atoms. The van der Waals surface area contributed by atoms with Crippen molar-refractivity contribution in [3.8, 4) is 0 Å². The Morgan fingerprint density at radius 3 is 2.81 bits per heavy atom. The maximum atomic E-state index is 11.7. The summed E-state index contributed by atoms with van der Waals surface area (Å²) in [6.07, 6.45) is 2.40.